The molecule has 0 unspecified atom stereocenters. The first-order chi connectivity index (χ1) is 9.08. The van der Waals surface area contributed by atoms with E-state index >= 15 is 0 Å². The highest BCUT2D eigenvalue weighted by atomic mass is 16.5. The first-order valence-electron chi connectivity index (χ1n) is 5.83. The monoisotopic (exact) mass is 261 g/mol. The number of benzene rings is 1. The summed E-state index contributed by atoms with van der Waals surface area (Å²) in [5.74, 6) is -0.262. The van der Waals surface area contributed by atoms with E-state index in [0.717, 1.165) is 0 Å². The number of hydrogen-bond donors (Lipinski definition) is 2. The van der Waals surface area contributed by atoms with Gasteiger partial charge in [-0.25, -0.2) is 4.79 Å². The van der Waals surface area contributed by atoms with Crippen LogP contribution in [0.4, 0.5) is 4.79 Å². The maximum Gasteiger partial charge on any atom is 0.321 e. The van der Waals surface area contributed by atoms with E-state index in [1.165, 1.54) is 6.92 Å². The highest BCUT2D eigenvalue weighted by Gasteiger charge is 2.18. The summed E-state index contributed by atoms with van der Waals surface area (Å²) < 4.78 is 5.36. The van der Waals surface area contributed by atoms with Crippen LogP contribution in [0.2, 0.25) is 0 Å². The fourth-order valence-corrected chi connectivity index (χ4v) is 1.32. The van der Waals surface area contributed by atoms with Crippen molar-refractivity contribution in [1.29, 1.82) is 5.26 Å². The Labute approximate surface area is 111 Å². The Kier molecular flexibility index (Phi) is 5.35. The van der Waals surface area contributed by atoms with E-state index in [9.17, 15) is 9.59 Å². The van der Waals surface area contributed by atoms with E-state index in [2.05, 4.69) is 10.6 Å². The second-order valence-electron chi connectivity index (χ2n) is 3.72. The summed E-state index contributed by atoms with van der Waals surface area (Å²) in [6.45, 7) is 3.67. The molecule has 0 radical (unpaired) electrons. The van der Waals surface area contributed by atoms with Crippen LogP contribution in [0.15, 0.2) is 24.3 Å². The molecular formula is C13H15N3O3. The van der Waals surface area contributed by atoms with Crippen molar-refractivity contribution >= 4 is 11.9 Å². The van der Waals surface area contributed by atoms with Gasteiger partial charge < -0.3 is 10.1 Å². The molecule has 2 N–H and O–H groups in total. The summed E-state index contributed by atoms with van der Waals surface area (Å²) in [6, 6.07) is 7.97. The minimum absolute atomic E-state index is 0.309. The molecule has 6 nitrogen and oxygen atoms in total. The van der Waals surface area contributed by atoms with Crippen LogP contribution in [-0.2, 0) is 4.79 Å². The molecule has 1 aromatic carbocycles. The lowest BCUT2D eigenvalue weighted by molar-refractivity contribution is -0.126. The zero-order valence-corrected chi connectivity index (χ0v) is 10.8. The number of nitrogens with one attached hydrogen (secondary N) is 2. The van der Waals surface area contributed by atoms with Gasteiger partial charge in [0.05, 0.1) is 5.56 Å². The number of urea groups is 1. The summed E-state index contributed by atoms with van der Waals surface area (Å²) in [7, 11) is 0. The van der Waals surface area contributed by atoms with Crippen molar-refractivity contribution in [1.82, 2.24) is 10.6 Å². The fraction of sp³-hybridized carbons (Fsp3) is 0.308. The van der Waals surface area contributed by atoms with Crippen molar-refractivity contribution in [2.45, 2.75) is 20.0 Å². The van der Waals surface area contributed by atoms with Crippen LogP contribution in [0.25, 0.3) is 0 Å². The highest BCUT2D eigenvalue weighted by molar-refractivity contribution is 5.96. The second kappa shape index (κ2) is 7.01. The normalized spacial score (nSPS) is 11.0. The molecule has 1 aromatic rings. The van der Waals surface area contributed by atoms with Gasteiger partial charge in [0.25, 0.3) is 5.91 Å². The number of nitrogens with zero attached hydrogens (tertiary/aromatic N) is 1. The average molecular weight is 261 g/mol. The zero-order valence-electron chi connectivity index (χ0n) is 10.8. The Morgan fingerprint density at radius 2 is 2.11 bits per heavy atom. The van der Waals surface area contributed by atoms with Crippen molar-refractivity contribution < 1.29 is 14.3 Å². The van der Waals surface area contributed by atoms with E-state index in [4.69, 9.17) is 10.00 Å². The molecule has 19 heavy (non-hydrogen) atoms. The van der Waals surface area contributed by atoms with Gasteiger partial charge in [-0.3, -0.25) is 10.1 Å². The maximum atomic E-state index is 11.7. The summed E-state index contributed by atoms with van der Waals surface area (Å²) in [5, 5.41) is 13.5. The van der Waals surface area contributed by atoms with Gasteiger partial charge in [-0.05, 0) is 26.0 Å². The molecular weight excluding hydrogens is 246 g/mol. The number of para-hydroxylation sites is 1. The molecule has 0 heterocycles. The van der Waals surface area contributed by atoms with Crippen LogP contribution in [0.5, 0.6) is 5.75 Å². The Bertz CT molecular complexity index is 508. The lowest BCUT2D eigenvalue weighted by Crippen LogP contribution is -2.45. The maximum absolute atomic E-state index is 11.7. The highest BCUT2D eigenvalue weighted by Crippen LogP contribution is 2.17. The molecule has 0 aliphatic heterocycles. The van der Waals surface area contributed by atoms with Crippen molar-refractivity contribution in [3.05, 3.63) is 29.8 Å². The molecule has 0 fully saturated rings. The smallest absolute Gasteiger partial charge is 0.321 e. The molecule has 1 atom stereocenters. The van der Waals surface area contributed by atoms with Crippen LogP contribution in [0.1, 0.15) is 19.4 Å². The van der Waals surface area contributed by atoms with Crippen molar-refractivity contribution in [3.63, 3.8) is 0 Å². The fourth-order valence-electron chi connectivity index (χ4n) is 1.32. The van der Waals surface area contributed by atoms with Crippen molar-refractivity contribution in [2.24, 2.45) is 0 Å². The molecule has 0 saturated carbocycles. The molecule has 0 aromatic heterocycles. The molecule has 0 aliphatic rings. The SMILES string of the molecule is CCNC(=O)NC(=O)[C@H](C)Oc1ccccc1C#N. The number of amides is 3. The number of hydrogen-bond acceptors (Lipinski definition) is 4. The van der Waals surface area contributed by atoms with Crippen molar-refractivity contribution in [2.75, 3.05) is 6.54 Å². The molecule has 0 aliphatic carbocycles. The van der Waals surface area contributed by atoms with Crippen LogP contribution in [0.3, 0.4) is 0 Å². The Hall–Kier alpha value is -2.55. The predicted octanol–water partition coefficient (Wildman–Crippen LogP) is 1.17. The minimum atomic E-state index is -0.878. The van der Waals surface area contributed by atoms with E-state index in [-0.39, 0.29) is 0 Å². The number of carbonyl (C=O) groups is 2. The average Bonchev–Trinajstić information content (AvgIpc) is 2.39. The third-order valence-electron chi connectivity index (χ3n) is 2.25. The van der Waals surface area contributed by atoms with E-state index in [1.54, 1.807) is 31.2 Å². The lowest BCUT2D eigenvalue weighted by Gasteiger charge is -2.14. The summed E-state index contributed by atoms with van der Waals surface area (Å²) in [4.78, 5) is 22.8. The van der Waals surface area contributed by atoms with Crippen LogP contribution >= 0.6 is 0 Å². The molecule has 3 amide bonds. The zero-order chi connectivity index (χ0) is 14.3. The van der Waals surface area contributed by atoms with Crippen LogP contribution in [-0.4, -0.2) is 24.6 Å². The van der Waals surface area contributed by atoms with Gasteiger partial charge in [0.1, 0.15) is 11.8 Å². The van der Waals surface area contributed by atoms with E-state index in [0.29, 0.717) is 17.9 Å². The lowest BCUT2D eigenvalue weighted by atomic mass is 10.2. The topological polar surface area (TPSA) is 91.2 Å². The summed E-state index contributed by atoms with van der Waals surface area (Å²) in [5.41, 5.74) is 0.333. The number of nitriles is 1. The Morgan fingerprint density at radius 3 is 2.74 bits per heavy atom. The van der Waals surface area contributed by atoms with Crippen LogP contribution in [0, 0.1) is 11.3 Å². The predicted molar refractivity (Wildman–Crippen MR) is 68.5 cm³/mol. The molecule has 0 bridgehead atoms. The standard InChI is InChI=1S/C13H15N3O3/c1-3-15-13(18)16-12(17)9(2)19-11-7-5-4-6-10(11)8-14/h4-7,9H,3H2,1-2H3,(H2,15,16,17,18)/t9-/m0/s1. The van der Waals surface area contributed by atoms with E-state index < -0.39 is 18.0 Å². The summed E-state index contributed by atoms with van der Waals surface area (Å²) in [6.07, 6.45) is -0.878. The molecule has 0 saturated heterocycles. The Morgan fingerprint density at radius 1 is 1.42 bits per heavy atom. The van der Waals surface area contributed by atoms with Gasteiger partial charge in [0.2, 0.25) is 0 Å². The van der Waals surface area contributed by atoms with E-state index in [1.807, 2.05) is 6.07 Å². The third kappa shape index (κ3) is 4.32. The number of ether oxygens (including phenoxy) is 1. The van der Waals surface area contributed by atoms with Gasteiger partial charge >= 0.3 is 6.03 Å². The first-order valence-corrected chi connectivity index (χ1v) is 5.83. The van der Waals surface area contributed by atoms with Gasteiger partial charge in [-0.1, -0.05) is 12.1 Å². The van der Waals surface area contributed by atoms with Gasteiger partial charge in [-0.2, -0.15) is 5.26 Å². The summed E-state index contributed by atoms with van der Waals surface area (Å²) >= 11 is 0. The minimum Gasteiger partial charge on any atom is -0.480 e. The molecule has 6 heteroatoms. The van der Waals surface area contributed by atoms with Crippen molar-refractivity contribution in [3.8, 4) is 11.8 Å². The third-order valence-corrected chi connectivity index (χ3v) is 2.25. The van der Waals surface area contributed by atoms with Crippen LogP contribution < -0.4 is 15.4 Å². The number of carbonyl (C=O) groups excluding carboxylic acids is 2. The van der Waals surface area contributed by atoms with Gasteiger partial charge in [0.15, 0.2) is 6.10 Å². The largest absolute Gasteiger partial charge is 0.480 e. The van der Waals surface area contributed by atoms with Gasteiger partial charge in [0, 0.05) is 6.54 Å². The van der Waals surface area contributed by atoms with Gasteiger partial charge in [-0.15, -0.1) is 0 Å². The second-order valence-corrected chi connectivity index (χ2v) is 3.72. The number of rotatable bonds is 4. The first kappa shape index (κ1) is 14.5. The molecule has 1 rings (SSSR count). The molecule has 100 valence electrons. The molecule has 0 spiro atoms. The number of imide groups is 1. The quantitative estimate of drug-likeness (QED) is 0.851. The Balaban J connectivity index is 2.64.